The number of Topliss-reactive ketones (excluding diaryl/α,β-unsaturated/α-hetero) is 1. The molecular weight excluding hydrogens is 302 g/mol. The lowest BCUT2D eigenvalue weighted by Gasteiger charge is -2.30. The van der Waals surface area contributed by atoms with Crippen molar-refractivity contribution < 1.29 is 17.9 Å². The van der Waals surface area contributed by atoms with Crippen LogP contribution in [-0.4, -0.2) is 44.8 Å². The van der Waals surface area contributed by atoms with Crippen LogP contribution in [0.2, 0.25) is 0 Å². The first-order valence-corrected chi connectivity index (χ1v) is 9.16. The molecule has 0 bridgehead atoms. The molecule has 1 aliphatic heterocycles. The van der Waals surface area contributed by atoms with Crippen molar-refractivity contribution in [2.45, 2.75) is 43.0 Å². The van der Waals surface area contributed by atoms with Gasteiger partial charge in [-0.3, -0.25) is 4.79 Å². The second-order valence-corrected chi connectivity index (χ2v) is 7.99. The lowest BCUT2D eigenvalue weighted by Crippen LogP contribution is -2.42. The third-order valence-corrected chi connectivity index (χ3v) is 6.47. The molecule has 6 heteroatoms. The Kier molecular flexibility index (Phi) is 4.34. The van der Waals surface area contributed by atoms with Crippen LogP contribution < -0.4 is 0 Å². The maximum Gasteiger partial charge on any atom is 0.243 e. The summed E-state index contributed by atoms with van der Waals surface area (Å²) in [5, 5.41) is 0. The predicted molar refractivity (Wildman–Crippen MR) is 82.5 cm³/mol. The van der Waals surface area contributed by atoms with Crippen LogP contribution in [0.4, 0.5) is 0 Å². The molecule has 1 aliphatic carbocycles. The number of sulfonamides is 1. The number of hydrogen-bond donors (Lipinski definition) is 0. The minimum atomic E-state index is -3.59. The third kappa shape index (κ3) is 2.83. The Balaban J connectivity index is 1.91. The molecule has 0 aromatic heterocycles. The summed E-state index contributed by atoms with van der Waals surface area (Å²) < 4.78 is 32.3. The van der Waals surface area contributed by atoms with E-state index in [0.717, 1.165) is 31.2 Å². The average molecular weight is 323 g/mol. The zero-order chi connectivity index (χ0) is 15.7. The standard InChI is InChI=1S/C16H21NO4S/c1-17(13-5-3-9-21-11-13)22(19,20)14-8-7-12-4-2-6-16(18)15(12)10-14/h7-8,10,13H,2-6,9,11H2,1H3. The summed E-state index contributed by atoms with van der Waals surface area (Å²) in [6.07, 6.45) is 3.86. The van der Waals surface area contributed by atoms with Crippen molar-refractivity contribution >= 4 is 15.8 Å². The van der Waals surface area contributed by atoms with Crippen molar-refractivity contribution in [3.05, 3.63) is 29.3 Å². The van der Waals surface area contributed by atoms with Crippen LogP contribution >= 0.6 is 0 Å². The molecule has 1 aromatic rings. The number of ketones is 1. The summed E-state index contributed by atoms with van der Waals surface area (Å²) in [6, 6.07) is 4.81. The van der Waals surface area contributed by atoms with E-state index in [2.05, 4.69) is 0 Å². The van der Waals surface area contributed by atoms with Crippen LogP contribution in [-0.2, 0) is 21.2 Å². The first-order valence-electron chi connectivity index (χ1n) is 7.72. The third-order valence-electron chi connectivity index (χ3n) is 4.56. The molecule has 1 fully saturated rings. The Hall–Kier alpha value is -1.24. The molecule has 120 valence electrons. The molecule has 1 heterocycles. The van der Waals surface area contributed by atoms with Crippen molar-refractivity contribution in [3.63, 3.8) is 0 Å². The van der Waals surface area contributed by atoms with Gasteiger partial charge in [0.15, 0.2) is 5.78 Å². The van der Waals surface area contributed by atoms with Crippen LogP contribution in [0.1, 0.15) is 41.6 Å². The smallest absolute Gasteiger partial charge is 0.243 e. The normalized spacial score (nSPS) is 22.6. The highest BCUT2D eigenvalue weighted by Gasteiger charge is 2.30. The van der Waals surface area contributed by atoms with Gasteiger partial charge >= 0.3 is 0 Å². The summed E-state index contributed by atoms with van der Waals surface area (Å²) >= 11 is 0. The van der Waals surface area contributed by atoms with Gasteiger partial charge in [0.05, 0.1) is 11.5 Å². The number of carbonyl (C=O) groups excluding carboxylic acids is 1. The Morgan fingerprint density at radius 2 is 2.05 bits per heavy atom. The van der Waals surface area contributed by atoms with E-state index in [9.17, 15) is 13.2 Å². The van der Waals surface area contributed by atoms with Gasteiger partial charge in [0.25, 0.3) is 0 Å². The maximum atomic E-state index is 12.8. The van der Waals surface area contributed by atoms with E-state index in [1.165, 1.54) is 4.31 Å². The minimum Gasteiger partial charge on any atom is -0.380 e. The first-order chi connectivity index (χ1) is 10.5. The number of benzene rings is 1. The molecule has 5 nitrogen and oxygen atoms in total. The first kappa shape index (κ1) is 15.6. The number of fused-ring (bicyclic) bond motifs is 1. The summed E-state index contributed by atoms with van der Waals surface area (Å²) in [4.78, 5) is 12.2. The molecule has 0 amide bonds. The van der Waals surface area contributed by atoms with Gasteiger partial charge < -0.3 is 4.74 Å². The van der Waals surface area contributed by atoms with E-state index in [0.29, 0.717) is 25.2 Å². The number of likely N-dealkylation sites (N-methyl/N-ethyl adjacent to an activating group) is 1. The van der Waals surface area contributed by atoms with E-state index in [-0.39, 0.29) is 16.7 Å². The summed E-state index contributed by atoms with van der Waals surface area (Å²) in [7, 11) is -2.00. The SMILES string of the molecule is CN(C1CCCOC1)S(=O)(=O)c1ccc2c(c1)C(=O)CCC2. The fourth-order valence-electron chi connectivity index (χ4n) is 3.14. The monoisotopic (exact) mass is 323 g/mol. The number of ether oxygens (including phenoxy) is 1. The molecule has 0 N–H and O–H groups in total. The second kappa shape index (κ2) is 6.10. The zero-order valence-electron chi connectivity index (χ0n) is 12.7. The van der Waals surface area contributed by atoms with Crippen LogP contribution in [0.15, 0.2) is 23.1 Å². The zero-order valence-corrected chi connectivity index (χ0v) is 13.6. The van der Waals surface area contributed by atoms with Gasteiger partial charge in [0.2, 0.25) is 10.0 Å². The van der Waals surface area contributed by atoms with Crippen molar-refractivity contribution in [2.24, 2.45) is 0 Å². The fraction of sp³-hybridized carbons (Fsp3) is 0.562. The summed E-state index contributed by atoms with van der Waals surface area (Å²) in [6.45, 7) is 1.12. The van der Waals surface area contributed by atoms with E-state index in [4.69, 9.17) is 4.74 Å². The van der Waals surface area contributed by atoms with Gasteiger partial charge in [-0.1, -0.05) is 6.07 Å². The number of aryl methyl sites for hydroxylation is 1. The molecular formula is C16H21NO4S. The van der Waals surface area contributed by atoms with Crippen molar-refractivity contribution in [2.75, 3.05) is 20.3 Å². The predicted octanol–water partition coefficient (Wildman–Crippen LogP) is 2.01. The van der Waals surface area contributed by atoms with Crippen molar-refractivity contribution in [3.8, 4) is 0 Å². The molecule has 0 spiro atoms. The average Bonchev–Trinajstić information content (AvgIpc) is 2.55. The molecule has 0 radical (unpaired) electrons. The highest BCUT2D eigenvalue weighted by Crippen LogP contribution is 2.27. The lowest BCUT2D eigenvalue weighted by molar-refractivity contribution is 0.0512. The van der Waals surface area contributed by atoms with Gasteiger partial charge in [-0.2, -0.15) is 4.31 Å². The largest absolute Gasteiger partial charge is 0.380 e. The summed E-state index contributed by atoms with van der Waals surface area (Å²) in [5.41, 5.74) is 1.53. The molecule has 3 rings (SSSR count). The lowest BCUT2D eigenvalue weighted by atomic mass is 9.91. The molecule has 1 aromatic carbocycles. The molecule has 0 saturated carbocycles. The molecule has 2 aliphatic rings. The van der Waals surface area contributed by atoms with Gasteiger partial charge in [-0.25, -0.2) is 8.42 Å². The molecule has 22 heavy (non-hydrogen) atoms. The molecule has 1 atom stereocenters. The van der Waals surface area contributed by atoms with E-state index < -0.39 is 10.0 Å². The number of carbonyl (C=O) groups is 1. The van der Waals surface area contributed by atoms with E-state index in [1.807, 2.05) is 0 Å². The second-order valence-electron chi connectivity index (χ2n) is 5.99. The Labute approximate surface area is 131 Å². The van der Waals surface area contributed by atoms with Gasteiger partial charge in [0, 0.05) is 31.7 Å². The van der Waals surface area contributed by atoms with Gasteiger partial charge in [0.1, 0.15) is 0 Å². The van der Waals surface area contributed by atoms with Crippen LogP contribution in [0.3, 0.4) is 0 Å². The topological polar surface area (TPSA) is 63.7 Å². The van der Waals surface area contributed by atoms with Crippen LogP contribution in [0, 0.1) is 0 Å². The van der Waals surface area contributed by atoms with Crippen LogP contribution in [0.25, 0.3) is 0 Å². The van der Waals surface area contributed by atoms with Crippen molar-refractivity contribution in [1.82, 2.24) is 4.31 Å². The van der Waals surface area contributed by atoms with Crippen LogP contribution in [0.5, 0.6) is 0 Å². The number of nitrogens with zero attached hydrogens (tertiary/aromatic N) is 1. The van der Waals surface area contributed by atoms with E-state index in [1.54, 1.807) is 25.2 Å². The molecule has 1 unspecified atom stereocenters. The van der Waals surface area contributed by atoms with Crippen molar-refractivity contribution in [1.29, 1.82) is 0 Å². The molecule has 1 saturated heterocycles. The highest BCUT2D eigenvalue weighted by atomic mass is 32.2. The highest BCUT2D eigenvalue weighted by molar-refractivity contribution is 7.89. The Bertz CT molecular complexity index is 677. The van der Waals surface area contributed by atoms with Gasteiger partial charge in [-0.15, -0.1) is 0 Å². The minimum absolute atomic E-state index is 0.0435. The van der Waals surface area contributed by atoms with Gasteiger partial charge in [-0.05, 0) is 43.4 Å². The Morgan fingerprint density at radius 1 is 1.23 bits per heavy atom. The Morgan fingerprint density at radius 3 is 2.77 bits per heavy atom. The number of hydrogen-bond acceptors (Lipinski definition) is 4. The number of rotatable bonds is 3. The maximum absolute atomic E-state index is 12.8. The quantitative estimate of drug-likeness (QED) is 0.853. The summed E-state index contributed by atoms with van der Waals surface area (Å²) in [5.74, 6) is 0.0435. The fourth-order valence-corrected chi connectivity index (χ4v) is 4.54. The van der Waals surface area contributed by atoms with E-state index >= 15 is 0 Å².